The Balaban J connectivity index is 1.11. The number of carbonyl (C=O) groups is 3. The third kappa shape index (κ3) is 5.00. The number of imide groups is 1. The van der Waals surface area contributed by atoms with Gasteiger partial charge in [-0.25, -0.2) is 0 Å². The maximum absolute atomic E-state index is 13.0. The van der Waals surface area contributed by atoms with Crippen LogP contribution in [0.1, 0.15) is 58.8 Å². The van der Waals surface area contributed by atoms with E-state index in [1.165, 1.54) is 16.0 Å². The molecular weight excluding hydrogens is 494 g/mol. The zero-order chi connectivity index (χ0) is 26.1. The van der Waals surface area contributed by atoms with Crippen LogP contribution in [0.5, 0.6) is 0 Å². The van der Waals surface area contributed by atoms with Gasteiger partial charge in [0, 0.05) is 41.8 Å². The first kappa shape index (κ1) is 24.9. The minimum atomic E-state index is -0.574. The molecule has 0 aliphatic carbocycles. The Morgan fingerprint density at radius 1 is 0.816 bits per heavy atom. The Bertz CT molecular complexity index is 1300. The smallest absolute Gasteiger partial charge is 0.255 e. The first-order chi connectivity index (χ1) is 18.6. The number of hydrogen-bond acceptors (Lipinski definition) is 5. The van der Waals surface area contributed by atoms with Crippen molar-refractivity contribution in [3.63, 3.8) is 0 Å². The van der Waals surface area contributed by atoms with Crippen LogP contribution in [-0.2, 0) is 16.1 Å². The quantitative estimate of drug-likeness (QED) is 0.469. The molecule has 3 aromatic carbocycles. The molecule has 3 amide bonds. The standard InChI is InChI=1S/C31H31N3O3S/c35-28-14-13-27(30(36)32-28)34-20-23-19-25(11-12-26(23)31(34)37)38-24-15-17-33(18-16-24)29(21-7-3-1-4-8-21)22-9-5-2-6-10-22/h1-12,19,24,27,29H,13-18,20H2,(H,32,35,36). The van der Waals surface area contributed by atoms with E-state index in [-0.39, 0.29) is 30.2 Å². The van der Waals surface area contributed by atoms with Gasteiger partial charge in [-0.05, 0) is 54.2 Å². The summed E-state index contributed by atoms with van der Waals surface area (Å²) in [5.74, 6) is -0.751. The fourth-order valence-electron chi connectivity index (χ4n) is 5.95. The molecule has 3 aliphatic heterocycles. The number of nitrogens with one attached hydrogen (secondary N) is 1. The molecule has 2 fully saturated rings. The van der Waals surface area contributed by atoms with Crippen molar-refractivity contribution < 1.29 is 14.4 Å². The van der Waals surface area contributed by atoms with Crippen molar-refractivity contribution in [2.45, 2.75) is 54.5 Å². The zero-order valence-corrected chi connectivity index (χ0v) is 22.0. The van der Waals surface area contributed by atoms with Crippen LogP contribution in [0, 0.1) is 0 Å². The number of fused-ring (bicyclic) bond motifs is 1. The molecule has 38 heavy (non-hydrogen) atoms. The molecule has 1 N–H and O–H groups in total. The van der Waals surface area contributed by atoms with E-state index in [0.29, 0.717) is 23.8 Å². The number of carbonyl (C=O) groups excluding carboxylic acids is 3. The summed E-state index contributed by atoms with van der Waals surface area (Å²) in [6.45, 7) is 2.47. The molecule has 7 heteroatoms. The molecule has 1 unspecified atom stereocenters. The second kappa shape index (κ2) is 10.8. The van der Waals surface area contributed by atoms with Gasteiger partial charge in [-0.3, -0.25) is 24.6 Å². The van der Waals surface area contributed by atoms with Crippen molar-refractivity contribution in [1.29, 1.82) is 0 Å². The van der Waals surface area contributed by atoms with Gasteiger partial charge in [0.15, 0.2) is 0 Å². The van der Waals surface area contributed by atoms with Gasteiger partial charge in [-0.2, -0.15) is 0 Å². The number of rotatable bonds is 6. The van der Waals surface area contributed by atoms with Crippen LogP contribution in [0.25, 0.3) is 0 Å². The highest BCUT2D eigenvalue weighted by atomic mass is 32.2. The molecule has 2 saturated heterocycles. The predicted molar refractivity (Wildman–Crippen MR) is 148 cm³/mol. The number of likely N-dealkylation sites (tertiary alicyclic amines) is 1. The third-order valence-electron chi connectivity index (χ3n) is 7.87. The zero-order valence-electron chi connectivity index (χ0n) is 21.2. The highest BCUT2D eigenvalue weighted by Gasteiger charge is 2.39. The van der Waals surface area contributed by atoms with Crippen molar-refractivity contribution in [2.75, 3.05) is 13.1 Å². The van der Waals surface area contributed by atoms with Crippen LogP contribution < -0.4 is 5.32 Å². The minimum Gasteiger partial charge on any atom is -0.322 e. The third-order valence-corrected chi connectivity index (χ3v) is 9.20. The van der Waals surface area contributed by atoms with Crippen LogP contribution in [0.4, 0.5) is 0 Å². The van der Waals surface area contributed by atoms with Crippen LogP contribution >= 0.6 is 11.8 Å². The molecule has 3 aromatic rings. The Kier molecular flexibility index (Phi) is 7.04. The number of hydrogen-bond donors (Lipinski definition) is 1. The topological polar surface area (TPSA) is 69.7 Å². The number of amides is 3. The van der Waals surface area contributed by atoms with Gasteiger partial charge in [-0.15, -0.1) is 11.8 Å². The molecule has 0 radical (unpaired) electrons. The van der Waals surface area contributed by atoms with Gasteiger partial charge in [0.25, 0.3) is 5.91 Å². The number of thioether (sulfide) groups is 1. The maximum atomic E-state index is 13.0. The van der Waals surface area contributed by atoms with Crippen LogP contribution in [0.2, 0.25) is 0 Å². The molecule has 0 spiro atoms. The highest BCUT2D eigenvalue weighted by Crippen LogP contribution is 2.37. The fourth-order valence-corrected chi connectivity index (χ4v) is 7.14. The lowest BCUT2D eigenvalue weighted by atomic mass is 9.95. The molecule has 3 aliphatic rings. The molecule has 0 saturated carbocycles. The summed E-state index contributed by atoms with van der Waals surface area (Å²) in [6, 6.07) is 27.3. The largest absolute Gasteiger partial charge is 0.322 e. The summed E-state index contributed by atoms with van der Waals surface area (Å²) in [6.07, 6.45) is 2.85. The summed E-state index contributed by atoms with van der Waals surface area (Å²) in [7, 11) is 0. The van der Waals surface area contributed by atoms with E-state index in [1.54, 1.807) is 4.90 Å². The average Bonchev–Trinajstić information content (AvgIpc) is 3.26. The van der Waals surface area contributed by atoms with E-state index in [1.807, 2.05) is 23.9 Å². The average molecular weight is 526 g/mol. The van der Waals surface area contributed by atoms with E-state index in [4.69, 9.17) is 0 Å². The highest BCUT2D eigenvalue weighted by molar-refractivity contribution is 8.00. The lowest BCUT2D eigenvalue weighted by Gasteiger charge is -2.38. The first-order valence-corrected chi connectivity index (χ1v) is 14.2. The van der Waals surface area contributed by atoms with Crippen molar-refractivity contribution >= 4 is 29.5 Å². The summed E-state index contributed by atoms with van der Waals surface area (Å²) >= 11 is 1.89. The Morgan fingerprint density at radius 3 is 2.11 bits per heavy atom. The van der Waals surface area contributed by atoms with E-state index >= 15 is 0 Å². The maximum Gasteiger partial charge on any atom is 0.255 e. The van der Waals surface area contributed by atoms with E-state index in [9.17, 15) is 14.4 Å². The lowest BCUT2D eigenvalue weighted by molar-refractivity contribution is -0.136. The molecule has 1 atom stereocenters. The molecule has 0 aromatic heterocycles. The van der Waals surface area contributed by atoms with E-state index < -0.39 is 6.04 Å². The fraction of sp³-hybridized carbons (Fsp3) is 0.323. The lowest BCUT2D eigenvalue weighted by Crippen LogP contribution is -2.52. The van der Waals surface area contributed by atoms with E-state index in [2.05, 4.69) is 76.9 Å². The van der Waals surface area contributed by atoms with Gasteiger partial charge in [0.2, 0.25) is 11.8 Å². The normalized spacial score (nSPS) is 20.6. The van der Waals surface area contributed by atoms with Crippen molar-refractivity contribution in [3.05, 3.63) is 101 Å². The van der Waals surface area contributed by atoms with Crippen molar-refractivity contribution in [1.82, 2.24) is 15.1 Å². The molecule has 3 heterocycles. The van der Waals surface area contributed by atoms with Gasteiger partial charge < -0.3 is 4.90 Å². The SMILES string of the molecule is O=C1CCC(N2Cc3cc(SC4CCN(C(c5ccccc5)c5ccccc5)CC4)ccc3C2=O)C(=O)N1. The summed E-state index contributed by atoms with van der Waals surface area (Å²) in [5.41, 5.74) is 4.29. The van der Waals surface area contributed by atoms with Crippen molar-refractivity contribution in [2.24, 2.45) is 0 Å². The summed E-state index contributed by atoms with van der Waals surface area (Å²) in [5, 5.41) is 2.89. The van der Waals surface area contributed by atoms with Crippen LogP contribution in [0.15, 0.2) is 83.8 Å². The van der Waals surface area contributed by atoms with Crippen LogP contribution in [0.3, 0.4) is 0 Å². The first-order valence-electron chi connectivity index (χ1n) is 13.3. The van der Waals surface area contributed by atoms with Gasteiger partial charge in [0.05, 0.1) is 6.04 Å². The number of benzene rings is 3. The molecule has 6 rings (SSSR count). The minimum absolute atomic E-state index is 0.118. The van der Waals surface area contributed by atoms with Gasteiger partial charge in [0.1, 0.15) is 6.04 Å². The second-order valence-corrected chi connectivity index (χ2v) is 11.7. The van der Waals surface area contributed by atoms with Gasteiger partial charge in [-0.1, -0.05) is 60.7 Å². The number of nitrogens with zero attached hydrogens (tertiary/aromatic N) is 2. The molecule has 0 bridgehead atoms. The molecular formula is C31H31N3O3S. The summed E-state index contributed by atoms with van der Waals surface area (Å²) < 4.78 is 0. The number of piperidine rings is 2. The predicted octanol–water partition coefficient (Wildman–Crippen LogP) is 4.79. The monoisotopic (exact) mass is 525 g/mol. The summed E-state index contributed by atoms with van der Waals surface area (Å²) in [4.78, 5) is 42.3. The van der Waals surface area contributed by atoms with E-state index in [0.717, 1.165) is 31.5 Å². The molecule has 6 nitrogen and oxygen atoms in total. The second-order valence-electron chi connectivity index (χ2n) is 10.3. The Hall–Kier alpha value is -3.42. The van der Waals surface area contributed by atoms with Crippen molar-refractivity contribution in [3.8, 4) is 0 Å². The molecule has 194 valence electrons. The Morgan fingerprint density at radius 2 is 1.47 bits per heavy atom. The Labute approximate surface area is 227 Å². The van der Waals surface area contributed by atoms with Gasteiger partial charge >= 0.3 is 0 Å². The van der Waals surface area contributed by atoms with Crippen LogP contribution in [-0.4, -0.2) is 51.9 Å².